The highest BCUT2D eigenvalue weighted by Gasteiger charge is 2.45. The van der Waals surface area contributed by atoms with E-state index in [0.717, 1.165) is 5.56 Å². The average Bonchev–Trinajstić information content (AvgIpc) is 3.00. The van der Waals surface area contributed by atoms with Crippen molar-refractivity contribution in [3.05, 3.63) is 114 Å². The Balaban J connectivity index is 1.63. The summed E-state index contributed by atoms with van der Waals surface area (Å²) in [5.74, 6) is -4.21. The molecule has 2 unspecified atom stereocenters. The first-order chi connectivity index (χ1) is 21.0. The van der Waals surface area contributed by atoms with Crippen LogP contribution >= 0.6 is 0 Å². The fourth-order valence-corrected chi connectivity index (χ4v) is 5.18. The number of benzene rings is 3. The number of alkyl halides is 3. The fraction of sp³-hybridized carbons (Fsp3) is 0.294. The molecule has 0 aromatic heterocycles. The van der Waals surface area contributed by atoms with Crippen LogP contribution in [0.25, 0.3) is 5.70 Å². The SMILES string of the molecule is CC(C)C1C(=O)N(CC(=O)NC(Cc2ccccc2)C(=O)C(F)(F)F)C(c2ccccc2)=CN1C(=O)CCc1ccccc1. The summed E-state index contributed by atoms with van der Waals surface area (Å²) in [4.78, 5) is 55.7. The van der Waals surface area contributed by atoms with Gasteiger partial charge in [-0.15, -0.1) is 0 Å². The van der Waals surface area contributed by atoms with Crippen LogP contribution in [-0.2, 0) is 32.0 Å². The average molecular weight is 606 g/mol. The van der Waals surface area contributed by atoms with E-state index in [0.29, 0.717) is 17.5 Å². The Morgan fingerprint density at radius 1 is 0.841 bits per heavy atom. The molecule has 44 heavy (non-hydrogen) atoms. The molecule has 0 spiro atoms. The number of Topliss-reactive ketones (excluding diaryl/α,β-unsaturated/α-hetero) is 1. The molecule has 3 aromatic rings. The maximum absolute atomic E-state index is 14.0. The molecule has 0 saturated carbocycles. The van der Waals surface area contributed by atoms with Crippen LogP contribution in [0.3, 0.4) is 0 Å². The van der Waals surface area contributed by atoms with Gasteiger partial charge in [0, 0.05) is 19.0 Å². The van der Waals surface area contributed by atoms with Gasteiger partial charge in [-0.1, -0.05) is 105 Å². The van der Waals surface area contributed by atoms with Gasteiger partial charge < -0.3 is 10.2 Å². The zero-order valence-corrected chi connectivity index (χ0v) is 24.5. The van der Waals surface area contributed by atoms with E-state index in [4.69, 9.17) is 0 Å². The van der Waals surface area contributed by atoms with Crippen LogP contribution in [0, 0.1) is 5.92 Å². The van der Waals surface area contributed by atoms with E-state index in [-0.39, 0.29) is 30.4 Å². The van der Waals surface area contributed by atoms with Crippen LogP contribution in [0.5, 0.6) is 0 Å². The van der Waals surface area contributed by atoms with Crippen LogP contribution in [-0.4, -0.2) is 58.1 Å². The van der Waals surface area contributed by atoms with Crippen LogP contribution < -0.4 is 5.32 Å². The fourth-order valence-electron chi connectivity index (χ4n) is 5.18. The summed E-state index contributed by atoms with van der Waals surface area (Å²) < 4.78 is 40.4. The van der Waals surface area contributed by atoms with Gasteiger partial charge in [0.25, 0.3) is 11.7 Å². The van der Waals surface area contributed by atoms with Gasteiger partial charge in [-0.05, 0) is 29.0 Å². The number of hydrogen-bond donors (Lipinski definition) is 1. The van der Waals surface area contributed by atoms with Gasteiger partial charge in [0.2, 0.25) is 11.8 Å². The molecule has 0 bridgehead atoms. The van der Waals surface area contributed by atoms with Gasteiger partial charge in [-0.3, -0.25) is 24.1 Å². The summed E-state index contributed by atoms with van der Waals surface area (Å²) in [5.41, 5.74) is 2.18. The Morgan fingerprint density at radius 3 is 1.93 bits per heavy atom. The van der Waals surface area contributed by atoms with Crippen molar-refractivity contribution in [1.29, 1.82) is 0 Å². The molecule has 0 radical (unpaired) electrons. The highest BCUT2D eigenvalue weighted by molar-refractivity contribution is 6.00. The lowest BCUT2D eigenvalue weighted by Gasteiger charge is -2.41. The molecule has 7 nitrogen and oxygen atoms in total. The minimum absolute atomic E-state index is 0.139. The van der Waals surface area contributed by atoms with Crippen LogP contribution in [0.15, 0.2) is 97.2 Å². The predicted octanol–water partition coefficient (Wildman–Crippen LogP) is 5.17. The first kappa shape index (κ1) is 32.2. The molecule has 0 saturated heterocycles. The standard InChI is InChI=1S/C34H34F3N3O4/c1-23(2)31-33(44)39(22-29(41)38-27(32(43)34(35,36)37)20-25-14-8-4-9-15-25)28(26-16-10-5-11-17-26)21-40(31)30(42)19-18-24-12-6-3-7-13-24/h3-17,21,23,27,31H,18-20,22H2,1-2H3,(H,38,41). The predicted molar refractivity (Wildman–Crippen MR) is 160 cm³/mol. The summed E-state index contributed by atoms with van der Waals surface area (Å²) in [7, 11) is 0. The Bertz CT molecular complexity index is 1490. The lowest BCUT2D eigenvalue weighted by Crippen LogP contribution is -2.57. The van der Waals surface area contributed by atoms with Crippen molar-refractivity contribution < 1.29 is 32.3 Å². The number of amides is 3. The molecule has 4 rings (SSSR count). The summed E-state index contributed by atoms with van der Waals surface area (Å²) in [6, 6.07) is 23.3. The maximum Gasteiger partial charge on any atom is 0.452 e. The number of aryl methyl sites for hydroxylation is 1. The second-order valence-electron chi connectivity index (χ2n) is 11.0. The number of halogens is 3. The highest BCUT2D eigenvalue weighted by atomic mass is 19.4. The van der Waals surface area contributed by atoms with Crippen molar-refractivity contribution in [2.24, 2.45) is 5.92 Å². The smallest absolute Gasteiger partial charge is 0.344 e. The van der Waals surface area contributed by atoms with Crippen molar-refractivity contribution in [2.45, 2.75) is 51.4 Å². The third-order valence-corrected chi connectivity index (χ3v) is 7.35. The zero-order chi connectivity index (χ0) is 31.9. The van der Waals surface area contributed by atoms with Gasteiger partial charge in [0.15, 0.2) is 0 Å². The number of carbonyl (C=O) groups is 4. The van der Waals surface area contributed by atoms with Gasteiger partial charge in [-0.2, -0.15) is 13.2 Å². The van der Waals surface area contributed by atoms with E-state index in [1.807, 2.05) is 30.3 Å². The van der Waals surface area contributed by atoms with E-state index in [1.54, 1.807) is 74.5 Å². The molecule has 0 fully saturated rings. The van der Waals surface area contributed by atoms with E-state index < -0.39 is 42.4 Å². The van der Waals surface area contributed by atoms with E-state index >= 15 is 0 Å². The third kappa shape index (κ3) is 8.00. The summed E-state index contributed by atoms with van der Waals surface area (Å²) in [6.45, 7) is 2.90. The maximum atomic E-state index is 14.0. The van der Waals surface area contributed by atoms with Crippen LogP contribution in [0.1, 0.15) is 37.0 Å². The summed E-state index contributed by atoms with van der Waals surface area (Å²) in [5, 5.41) is 2.22. The monoisotopic (exact) mass is 605 g/mol. The molecule has 1 heterocycles. The van der Waals surface area contributed by atoms with Crippen molar-refractivity contribution >= 4 is 29.2 Å². The minimum Gasteiger partial charge on any atom is -0.344 e. The van der Waals surface area contributed by atoms with Gasteiger partial charge in [0.1, 0.15) is 18.6 Å². The number of ketones is 1. The number of carbonyl (C=O) groups excluding carboxylic acids is 4. The quantitative estimate of drug-likeness (QED) is 0.327. The lowest BCUT2D eigenvalue weighted by molar-refractivity contribution is -0.173. The second kappa shape index (κ2) is 14.2. The van der Waals surface area contributed by atoms with Gasteiger partial charge in [-0.25, -0.2) is 0 Å². The zero-order valence-electron chi connectivity index (χ0n) is 24.5. The summed E-state index contributed by atoms with van der Waals surface area (Å²) >= 11 is 0. The van der Waals surface area contributed by atoms with Crippen LogP contribution in [0.4, 0.5) is 13.2 Å². The van der Waals surface area contributed by atoms with Crippen molar-refractivity contribution in [2.75, 3.05) is 6.54 Å². The van der Waals surface area contributed by atoms with E-state index in [2.05, 4.69) is 5.32 Å². The molecule has 1 N–H and O–H groups in total. The number of rotatable bonds is 11. The summed E-state index contributed by atoms with van der Waals surface area (Å²) in [6.07, 6.45) is -3.42. The van der Waals surface area contributed by atoms with E-state index in [1.165, 1.54) is 16.0 Å². The molecular weight excluding hydrogens is 571 g/mol. The minimum atomic E-state index is -5.17. The number of nitrogens with zero attached hydrogens (tertiary/aromatic N) is 2. The third-order valence-electron chi connectivity index (χ3n) is 7.35. The van der Waals surface area contributed by atoms with Gasteiger partial charge >= 0.3 is 6.18 Å². The molecular formula is C34H34F3N3O4. The molecule has 3 aromatic carbocycles. The second-order valence-corrected chi connectivity index (χ2v) is 11.0. The Labute approximate surface area is 254 Å². The highest BCUT2D eigenvalue weighted by Crippen LogP contribution is 2.31. The van der Waals surface area contributed by atoms with Crippen molar-refractivity contribution in [1.82, 2.24) is 15.1 Å². The normalized spacial score (nSPS) is 16.0. The van der Waals surface area contributed by atoms with Crippen LogP contribution in [0.2, 0.25) is 0 Å². The molecule has 0 aliphatic carbocycles. The van der Waals surface area contributed by atoms with Gasteiger partial charge in [0.05, 0.1) is 5.70 Å². The Hall–Kier alpha value is -4.73. The molecule has 3 amide bonds. The molecule has 1 aliphatic rings. The number of nitrogens with one attached hydrogen (secondary N) is 1. The largest absolute Gasteiger partial charge is 0.452 e. The Morgan fingerprint density at radius 2 is 1.39 bits per heavy atom. The Kier molecular flexibility index (Phi) is 10.4. The topological polar surface area (TPSA) is 86.8 Å². The first-order valence-corrected chi connectivity index (χ1v) is 14.3. The molecule has 2 atom stereocenters. The lowest BCUT2D eigenvalue weighted by atomic mass is 9.96. The van der Waals surface area contributed by atoms with Crippen molar-refractivity contribution in [3.63, 3.8) is 0 Å². The van der Waals surface area contributed by atoms with E-state index in [9.17, 15) is 32.3 Å². The number of hydrogen-bond acceptors (Lipinski definition) is 4. The molecule has 1 aliphatic heterocycles. The molecule has 230 valence electrons. The molecule has 10 heteroatoms. The van der Waals surface area contributed by atoms with Crippen molar-refractivity contribution in [3.8, 4) is 0 Å². The first-order valence-electron chi connectivity index (χ1n) is 14.3.